The summed E-state index contributed by atoms with van der Waals surface area (Å²) in [5, 5.41) is 0. The van der Waals surface area contributed by atoms with E-state index in [0.717, 1.165) is 31.0 Å². The normalized spacial score (nSPS) is 15.4. The monoisotopic (exact) mass is 151 g/mol. The predicted molar refractivity (Wildman–Crippen MR) is 39.2 cm³/mol. The van der Waals surface area contributed by atoms with Gasteiger partial charge in [-0.25, -0.2) is 4.98 Å². The Kier molecular flexibility index (Phi) is 1.49. The lowest BCUT2D eigenvalue weighted by molar-refractivity contribution is -0.678. The van der Waals surface area contributed by atoms with Gasteiger partial charge >= 0.3 is 5.88 Å². The van der Waals surface area contributed by atoms with Crippen LogP contribution in [-0.2, 0) is 13.5 Å². The first kappa shape index (κ1) is 6.58. The molecule has 0 atom stereocenters. The van der Waals surface area contributed by atoms with E-state index in [-0.39, 0.29) is 0 Å². The first-order chi connectivity index (χ1) is 5.38. The Morgan fingerprint density at radius 1 is 1.64 bits per heavy atom. The standard InChI is InChI=1S/C8H11N2O/c1-10-5-4-9-7-3-2-6-11-8(7)10/h4-5H,2-3,6H2,1H3/q+1. The van der Waals surface area contributed by atoms with Crippen LogP contribution in [0.1, 0.15) is 12.1 Å². The maximum Gasteiger partial charge on any atom is 0.389 e. The van der Waals surface area contributed by atoms with Crippen molar-refractivity contribution in [2.24, 2.45) is 7.05 Å². The zero-order valence-corrected chi connectivity index (χ0v) is 6.58. The number of ether oxygens (including phenoxy) is 1. The fraction of sp³-hybridized carbons (Fsp3) is 0.500. The molecule has 0 spiro atoms. The van der Waals surface area contributed by atoms with Crippen LogP contribution in [0.15, 0.2) is 12.4 Å². The van der Waals surface area contributed by atoms with Crippen molar-refractivity contribution in [1.29, 1.82) is 0 Å². The van der Waals surface area contributed by atoms with Gasteiger partial charge in [-0.2, -0.15) is 4.57 Å². The molecule has 3 nitrogen and oxygen atoms in total. The summed E-state index contributed by atoms with van der Waals surface area (Å²) in [4.78, 5) is 4.23. The summed E-state index contributed by atoms with van der Waals surface area (Å²) in [6.07, 6.45) is 5.85. The summed E-state index contributed by atoms with van der Waals surface area (Å²) in [6.45, 7) is 0.826. The van der Waals surface area contributed by atoms with E-state index in [9.17, 15) is 0 Å². The topological polar surface area (TPSA) is 26.0 Å². The molecule has 0 fully saturated rings. The average Bonchev–Trinajstić information content (AvgIpc) is 2.06. The molecule has 3 heteroatoms. The molecule has 1 aromatic heterocycles. The Hall–Kier alpha value is -1.12. The summed E-state index contributed by atoms with van der Waals surface area (Å²) in [6, 6.07) is 0. The van der Waals surface area contributed by atoms with Gasteiger partial charge in [0.25, 0.3) is 0 Å². The van der Waals surface area contributed by atoms with Gasteiger partial charge in [-0.1, -0.05) is 0 Å². The fourth-order valence-electron chi connectivity index (χ4n) is 1.31. The lowest BCUT2D eigenvalue weighted by atomic mass is 10.2. The van der Waals surface area contributed by atoms with Crippen molar-refractivity contribution in [3.8, 4) is 5.88 Å². The van der Waals surface area contributed by atoms with E-state index < -0.39 is 0 Å². The Labute approximate surface area is 65.6 Å². The Balaban J connectivity index is 2.49. The largest absolute Gasteiger partial charge is 0.443 e. The molecular weight excluding hydrogens is 140 g/mol. The molecule has 0 N–H and O–H groups in total. The highest BCUT2D eigenvalue weighted by molar-refractivity contribution is 5.13. The summed E-state index contributed by atoms with van der Waals surface area (Å²) in [5.74, 6) is 0.929. The molecule has 1 aromatic rings. The summed E-state index contributed by atoms with van der Waals surface area (Å²) >= 11 is 0. The molecule has 0 radical (unpaired) electrons. The van der Waals surface area contributed by atoms with Gasteiger partial charge in [0.2, 0.25) is 0 Å². The molecule has 58 valence electrons. The van der Waals surface area contributed by atoms with Crippen LogP contribution in [0.25, 0.3) is 0 Å². The molecule has 0 unspecified atom stereocenters. The molecule has 0 saturated carbocycles. The molecule has 2 heterocycles. The summed E-state index contributed by atoms with van der Waals surface area (Å²) in [7, 11) is 1.98. The number of nitrogens with zero attached hydrogens (tertiary/aromatic N) is 2. The molecular formula is C8H11N2O+. The van der Waals surface area contributed by atoms with Crippen LogP contribution in [-0.4, -0.2) is 11.6 Å². The van der Waals surface area contributed by atoms with E-state index >= 15 is 0 Å². The van der Waals surface area contributed by atoms with Crippen molar-refractivity contribution >= 4 is 0 Å². The predicted octanol–water partition coefficient (Wildman–Crippen LogP) is 0.231. The van der Waals surface area contributed by atoms with Gasteiger partial charge in [0.15, 0.2) is 11.9 Å². The smallest absolute Gasteiger partial charge is 0.389 e. The second-order valence-electron chi connectivity index (χ2n) is 2.74. The van der Waals surface area contributed by atoms with Gasteiger partial charge < -0.3 is 4.74 Å². The second-order valence-corrected chi connectivity index (χ2v) is 2.74. The van der Waals surface area contributed by atoms with E-state index in [0.29, 0.717) is 0 Å². The number of rotatable bonds is 0. The SMILES string of the molecule is C[n+]1ccnc2c1OCCC2. The quantitative estimate of drug-likeness (QED) is 0.496. The van der Waals surface area contributed by atoms with Gasteiger partial charge in [0.05, 0.1) is 12.8 Å². The van der Waals surface area contributed by atoms with Crippen LogP contribution >= 0.6 is 0 Å². The van der Waals surface area contributed by atoms with Crippen LogP contribution in [0.3, 0.4) is 0 Å². The highest BCUT2D eigenvalue weighted by Crippen LogP contribution is 2.15. The molecule has 2 rings (SSSR count). The molecule has 11 heavy (non-hydrogen) atoms. The van der Waals surface area contributed by atoms with Gasteiger partial charge in [-0.15, -0.1) is 0 Å². The van der Waals surface area contributed by atoms with Crippen molar-refractivity contribution in [1.82, 2.24) is 4.98 Å². The third-order valence-electron chi connectivity index (χ3n) is 1.88. The summed E-state index contributed by atoms with van der Waals surface area (Å²) < 4.78 is 7.43. The van der Waals surface area contributed by atoms with Gasteiger partial charge in [-0.05, 0) is 6.42 Å². The van der Waals surface area contributed by atoms with Crippen LogP contribution in [0.4, 0.5) is 0 Å². The van der Waals surface area contributed by atoms with Crippen molar-refractivity contribution in [3.05, 3.63) is 18.1 Å². The second kappa shape index (κ2) is 2.49. The van der Waals surface area contributed by atoms with Crippen molar-refractivity contribution in [2.45, 2.75) is 12.8 Å². The lowest BCUT2D eigenvalue weighted by Gasteiger charge is -2.11. The van der Waals surface area contributed by atoms with Gasteiger partial charge in [0, 0.05) is 6.42 Å². The number of aryl methyl sites for hydroxylation is 2. The van der Waals surface area contributed by atoms with E-state index in [4.69, 9.17) is 4.74 Å². The van der Waals surface area contributed by atoms with Gasteiger partial charge in [-0.3, -0.25) is 0 Å². The van der Waals surface area contributed by atoms with E-state index in [1.165, 1.54) is 0 Å². The first-order valence-corrected chi connectivity index (χ1v) is 3.84. The van der Waals surface area contributed by atoms with Crippen molar-refractivity contribution in [3.63, 3.8) is 0 Å². The van der Waals surface area contributed by atoms with Gasteiger partial charge in [0.1, 0.15) is 7.05 Å². The summed E-state index contributed by atoms with van der Waals surface area (Å²) in [5.41, 5.74) is 1.08. The molecule has 0 saturated heterocycles. The van der Waals surface area contributed by atoms with Crippen molar-refractivity contribution in [2.75, 3.05) is 6.61 Å². The van der Waals surface area contributed by atoms with Crippen LogP contribution in [0, 0.1) is 0 Å². The minimum absolute atomic E-state index is 0.826. The maximum absolute atomic E-state index is 5.45. The highest BCUT2D eigenvalue weighted by Gasteiger charge is 2.19. The van der Waals surface area contributed by atoms with E-state index in [2.05, 4.69) is 4.98 Å². The fourth-order valence-corrected chi connectivity index (χ4v) is 1.31. The number of aromatic nitrogens is 2. The van der Waals surface area contributed by atoms with Crippen LogP contribution in [0.5, 0.6) is 5.88 Å². The Bertz CT molecular complexity index is 273. The molecule has 0 amide bonds. The van der Waals surface area contributed by atoms with Crippen LogP contribution < -0.4 is 9.30 Å². The third-order valence-corrected chi connectivity index (χ3v) is 1.88. The lowest BCUT2D eigenvalue weighted by Crippen LogP contribution is -2.34. The highest BCUT2D eigenvalue weighted by atomic mass is 16.5. The molecule has 0 aliphatic carbocycles. The van der Waals surface area contributed by atoms with Crippen molar-refractivity contribution < 1.29 is 9.30 Å². The molecule has 0 bridgehead atoms. The number of hydrogen-bond donors (Lipinski definition) is 0. The maximum atomic E-state index is 5.45. The molecule has 0 aromatic carbocycles. The minimum atomic E-state index is 0.826. The zero-order valence-electron chi connectivity index (χ0n) is 6.58. The first-order valence-electron chi connectivity index (χ1n) is 3.84. The number of fused-ring (bicyclic) bond motifs is 1. The number of hydrogen-bond acceptors (Lipinski definition) is 2. The Morgan fingerprint density at radius 2 is 2.55 bits per heavy atom. The molecule has 1 aliphatic heterocycles. The van der Waals surface area contributed by atoms with Crippen LogP contribution in [0.2, 0.25) is 0 Å². The van der Waals surface area contributed by atoms with E-state index in [1.54, 1.807) is 0 Å². The minimum Gasteiger partial charge on any atom is -0.443 e. The average molecular weight is 151 g/mol. The van der Waals surface area contributed by atoms with E-state index in [1.807, 2.05) is 24.0 Å². The third kappa shape index (κ3) is 1.06. The molecule has 1 aliphatic rings. The zero-order chi connectivity index (χ0) is 7.68. The Morgan fingerprint density at radius 3 is 3.36 bits per heavy atom.